The van der Waals surface area contributed by atoms with Crippen LogP contribution in [0.3, 0.4) is 0 Å². The molecule has 3 rings (SSSR count). The van der Waals surface area contributed by atoms with Gasteiger partial charge < -0.3 is 9.73 Å². The SMILES string of the molecule is Cc1cc2occ(CC(=O)Nc3ccc(CS(N)(=O)=O)cc3)c2cc1C(C)C. The molecule has 0 fully saturated rings. The highest BCUT2D eigenvalue weighted by Gasteiger charge is 2.14. The summed E-state index contributed by atoms with van der Waals surface area (Å²) in [5, 5.41) is 8.81. The highest BCUT2D eigenvalue weighted by molar-refractivity contribution is 7.88. The van der Waals surface area contributed by atoms with Gasteiger partial charge in [-0.3, -0.25) is 4.79 Å². The zero-order valence-electron chi connectivity index (χ0n) is 16.2. The van der Waals surface area contributed by atoms with E-state index in [1.165, 1.54) is 11.1 Å². The predicted octanol–water partition coefficient (Wildman–Crippen LogP) is 3.83. The average molecular weight is 401 g/mol. The number of furan rings is 1. The normalized spacial score (nSPS) is 11.9. The van der Waals surface area contributed by atoms with Crippen LogP contribution in [0.25, 0.3) is 11.0 Å². The van der Waals surface area contributed by atoms with Crippen LogP contribution < -0.4 is 10.5 Å². The molecule has 2 aromatic carbocycles. The number of amides is 1. The van der Waals surface area contributed by atoms with E-state index in [2.05, 4.69) is 32.2 Å². The number of carbonyl (C=O) groups excluding carboxylic acids is 1. The van der Waals surface area contributed by atoms with Gasteiger partial charge in [0.25, 0.3) is 0 Å². The molecular weight excluding hydrogens is 376 g/mol. The van der Waals surface area contributed by atoms with Crippen molar-refractivity contribution in [1.29, 1.82) is 0 Å². The van der Waals surface area contributed by atoms with Crippen LogP contribution in [-0.2, 0) is 27.0 Å². The third kappa shape index (κ3) is 4.79. The molecule has 6 nitrogen and oxygen atoms in total. The van der Waals surface area contributed by atoms with Crippen LogP contribution in [0.5, 0.6) is 0 Å². The van der Waals surface area contributed by atoms with Crippen molar-refractivity contribution in [2.24, 2.45) is 5.14 Å². The molecular formula is C21H24N2O4S. The quantitative estimate of drug-likeness (QED) is 0.656. The van der Waals surface area contributed by atoms with E-state index in [1.54, 1.807) is 30.5 Å². The number of fused-ring (bicyclic) bond motifs is 1. The lowest BCUT2D eigenvalue weighted by Crippen LogP contribution is -2.15. The van der Waals surface area contributed by atoms with Crippen molar-refractivity contribution < 1.29 is 17.6 Å². The molecule has 1 aromatic heterocycles. The van der Waals surface area contributed by atoms with E-state index in [-0.39, 0.29) is 18.1 Å². The van der Waals surface area contributed by atoms with Crippen molar-refractivity contribution in [2.45, 2.75) is 38.9 Å². The van der Waals surface area contributed by atoms with Gasteiger partial charge in [0.1, 0.15) is 5.58 Å². The first-order valence-corrected chi connectivity index (χ1v) is 10.7. The number of hydrogen-bond acceptors (Lipinski definition) is 4. The Hall–Kier alpha value is -2.64. The summed E-state index contributed by atoms with van der Waals surface area (Å²) in [7, 11) is -3.58. The average Bonchev–Trinajstić information content (AvgIpc) is 2.96. The Kier molecular flexibility index (Phi) is 5.58. The van der Waals surface area contributed by atoms with E-state index in [1.807, 2.05) is 6.07 Å². The topological polar surface area (TPSA) is 102 Å². The van der Waals surface area contributed by atoms with Gasteiger partial charge in [-0.2, -0.15) is 0 Å². The highest BCUT2D eigenvalue weighted by atomic mass is 32.2. The minimum Gasteiger partial charge on any atom is -0.464 e. The molecule has 0 radical (unpaired) electrons. The standard InChI is InChI=1S/C21H24N2O4S/c1-13(2)18-10-19-16(11-27-20(19)8-14(18)3)9-21(24)23-17-6-4-15(5-7-17)12-28(22,25)26/h4-8,10-11,13H,9,12H2,1-3H3,(H,23,24)(H2,22,25,26). The summed E-state index contributed by atoms with van der Waals surface area (Å²) >= 11 is 0. The molecule has 28 heavy (non-hydrogen) atoms. The predicted molar refractivity (Wildman–Crippen MR) is 111 cm³/mol. The zero-order valence-corrected chi connectivity index (χ0v) is 17.0. The number of anilines is 1. The number of nitrogens with two attached hydrogens (primary N) is 1. The monoisotopic (exact) mass is 400 g/mol. The Balaban J connectivity index is 1.74. The number of nitrogens with one attached hydrogen (secondary N) is 1. The fraction of sp³-hybridized carbons (Fsp3) is 0.286. The van der Waals surface area contributed by atoms with Crippen molar-refractivity contribution in [3.63, 3.8) is 0 Å². The van der Waals surface area contributed by atoms with E-state index < -0.39 is 10.0 Å². The Morgan fingerprint density at radius 2 is 1.86 bits per heavy atom. The van der Waals surface area contributed by atoms with E-state index in [0.717, 1.165) is 16.5 Å². The molecule has 1 amide bonds. The van der Waals surface area contributed by atoms with Gasteiger partial charge in [-0.15, -0.1) is 0 Å². The van der Waals surface area contributed by atoms with E-state index in [4.69, 9.17) is 9.56 Å². The number of benzene rings is 2. The van der Waals surface area contributed by atoms with Gasteiger partial charge in [0.15, 0.2) is 0 Å². The molecule has 0 saturated heterocycles. The molecule has 0 aliphatic carbocycles. The third-order valence-electron chi connectivity index (χ3n) is 4.62. The summed E-state index contributed by atoms with van der Waals surface area (Å²) in [5.74, 6) is -0.0229. The minimum absolute atomic E-state index is 0.173. The molecule has 3 aromatic rings. The lowest BCUT2D eigenvalue weighted by atomic mass is 9.95. The maximum absolute atomic E-state index is 12.5. The van der Waals surface area contributed by atoms with Gasteiger partial charge in [-0.1, -0.05) is 26.0 Å². The molecule has 0 atom stereocenters. The van der Waals surface area contributed by atoms with E-state index >= 15 is 0 Å². The van der Waals surface area contributed by atoms with Gasteiger partial charge >= 0.3 is 0 Å². The Labute approximate surface area is 164 Å². The first-order valence-electron chi connectivity index (χ1n) is 9.02. The molecule has 0 unspecified atom stereocenters. The molecule has 0 aliphatic rings. The van der Waals surface area contributed by atoms with Crippen molar-refractivity contribution in [3.05, 3.63) is 64.9 Å². The van der Waals surface area contributed by atoms with E-state index in [9.17, 15) is 13.2 Å². The van der Waals surface area contributed by atoms with Gasteiger partial charge in [0.2, 0.25) is 15.9 Å². The first-order chi connectivity index (χ1) is 13.1. The minimum atomic E-state index is -3.58. The lowest BCUT2D eigenvalue weighted by Gasteiger charge is -2.10. The van der Waals surface area contributed by atoms with Gasteiger partial charge in [0.05, 0.1) is 18.4 Å². The number of rotatable bonds is 6. The highest BCUT2D eigenvalue weighted by Crippen LogP contribution is 2.29. The van der Waals surface area contributed by atoms with Crippen LogP contribution in [0.1, 0.15) is 42.0 Å². The molecule has 0 bridgehead atoms. The van der Waals surface area contributed by atoms with Crippen LogP contribution >= 0.6 is 0 Å². The van der Waals surface area contributed by atoms with Crippen molar-refractivity contribution in [3.8, 4) is 0 Å². The fourth-order valence-corrected chi connectivity index (χ4v) is 3.96. The summed E-state index contributed by atoms with van der Waals surface area (Å²) in [6.45, 7) is 6.34. The number of aryl methyl sites for hydroxylation is 1. The lowest BCUT2D eigenvalue weighted by molar-refractivity contribution is -0.115. The van der Waals surface area contributed by atoms with Crippen LogP contribution in [0.4, 0.5) is 5.69 Å². The second-order valence-corrected chi connectivity index (χ2v) is 8.96. The van der Waals surface area contributed by atoms with Gasteiger partial charge in [-0.05, 0) is 53.8 Å². The second-order valence-electron chi connectivity index (χ2n) is 7.35. The Morgan fingerprint density at radius 3 is 2.46 bits per heavy atom. The van der Waals surface area contributed by atoms with Gasteiger partial charge in [0, 0.05) is 16.6 Å². The van der Waals surface area contributed by atoms with Crippen LogP contribution in [-0.4, -0.2) is 14.3 Å². The molecule has 148 valence electrons. The van der Waals surface area contributed by atoms with Crippen LogP contribution in [0, 0.1) is 6.92 Å². The molecule has 0 saturated carbocycles. The van der Waals surface area contributed by atoms with Crippen molar-refractivity contribution in [1.82, 2.24) is 0 Å². The Morgan fingerprint density at radius 1 is 1.18 bits per heavy atom. The first kappa shape index (κ1) is 20.1. The molecule has 7 heteroatoms. The molecule has 0 spiro atoms. The Bertz CT molecular complexity index is 1110. The van der Waals surface area contributed by atoms with Gasteiger partial charge in [-0.25, -0.2) is 13.6 Å². The third-order valence-corrected chi connectivity index (χ3v) is 5.36. The maximum atomic E-state index is 12.5. The van der Waals surface area contributed by atoms with Crippen LogP contribution in [0.2, 0.25) is 0 Å². The summed E-state index contributed by atoms with van der Waals surface area (Å²) in [5.41, 5.74) is 5.18. The summed E-state index contributed by atoms with van der Waals surface area (Å²) in [4.78, 5) is 12.5. The summed E-state index contributed by atoms with van der Waals surface area (Å²) in [6.07, 6.45) is 1.82. The molecule has 3 N–H and O–H groups in total. The molecule has 0 aliphatic heterocycles. The van der Waals surface area contributed by atoms with Crippen LogP contribution in [0.15, 0.2) is 47.1 Å². The number of primary sulfonamides is 1. The smallest absolute Gasteiger partial charge is 0.228 e. The maximum Gasteiger partial charge on any atom is 0.228 e. The summed E-state index contributed by atoms with van der Waals surface area (Å²) < 4.78 is 27.9. The number of sulfonamides is 1. The van der Waals surface area contributed by atoms with Crippen molar-refractivity contribution >= 4 is 32.6 Å². The largest absolute Gasteiger partial charge is 0.464 e. The van der Waals surface area contributed by atoms with Crippen molar-refractivity contribution in [2.75, 3.05) is 5.32 Å². The zero-order chi connectivity index (χ0) is 20.5. The second kappa shape index (κ2) is 7.77. The summed E-state index contributed by atoms with van der Waals surface area (Å²) in [6, 6.07) is 10.7. The van der Waals surface area contributed by atoms with E-state index in [0.29, 0.717) is 17.2 Å². The number of carbonyl (C=O) groups is 1. The number of hydrogen-bond donors (Lipinski definition) is 2. The fourth-order valence-electron chi connectivity index (χ4n) is 3.30. The molecule has 1 heterocycles.